The molecule has 0 aliphatic rings. The van der Waals surface area contributed by atoms with Gasteiger partial charge in [-0.05, 0) is 52.7 Å². The molecule has 3 N–H and O–H groups in total. The van der Waals surface area contributed by atoms with Crippen LogP contribution in [-0.4, -0.2) is 8.42 Å². The van der Waals surface area contributed by atoms with Gasteiger partial charge in [0.15, 0.2) is 0 Å². The molecule has 0 atom stereocenters. The summed E-state index contributed by atoms with van der Waals surface area (Å²) in [6.07, 6.45) is 0. The minimum Gasteiger partial charge on any atom is -0.398 e. The standard InChI is InChI=1S/C13H11BrClFN2O2S/c1-7-2-3-9(6-12(7)17)21(19,20)18-13-10(14)4-8(16)5-11(13)15/h2-6,18H,17H2,1H3. The van der Waals surface area contributed by atoms with E-state index in [0.717, 1.165) is 17.7 Å². The van der Waals surface area contributed by atoms with Gasteiger partial charge in [0.1, 0.15) is 5.82 Å². The zero-order valence-corrected chi connectivity index (χ0v) is 14.0. The van der Waals surface area contributed by atoms with Crippen molar-refractivity contribution in [3.05, 3.63) is 51.2 Å². The Morgan fingerprint density at radius 3 is 2.52 bits per heavy atom. The molecule has 2 aromatic carbocycles. The molecular weight excluding hydrogens is 383 g/mol. The van der Waals surface area contributed by atoms with Gasteiger partial charge in [0.2, 0.25) is 0 Å². The molecule has 0 aliphatic heterocycles. The summed E-state index contributed by atoms with van der Waals surface area (Å²) in [5, 5.41) is -0.0504. The summed E-state index contributed by atoms with van der Waals surface area (Å²) in [7, 11) is -3.88. The highest BCUT2D eigenvalue weighted by Crippen LogP contribution is 2.33. The Labute approximate surface area is 135 Å². The Morgan fingerprint density at radius 2 is 1.95 bits per heavy atom. The molecule has 0 unspecified atom stereocenters. The fraction of sp³-hybridized carbons (Fsp3) is 0.0769. The van der Waals surface area contributed by atoms with E-state index in [9.17, 15) is 12.8 Å². The molecule has 0 aliphatic carbocycles. The highest BCUT2D eigenvalue weighted by atomic mass is 79.9. The summed E-state index contributed by atoms with van der Waals surface area (Å²) in [4.78, 5) is -0.00195. The predicted octanol–water partition coefficient (Wildman–Crippen LogP) is 3.93. The number of nitrogen functional groups attached to an aromatic ring is 1. The molecule has 0 saturated heterocycles. The molecule has 2 aromatic rings. The molecular formula is C13H11BrClFN2O2S. The van der Waals surface area contributed by atoms with Gasteiger partial charge in [-0.3, -0.25) is 4.72 Å². The van der Waals surface area contributed by atoms with Crippen LogP contribution in [0.3, 0.4) is 0 Å². The van der Waals surface area contributed by atoms with Gasteiger partial charge < -0.3 is 5.73 Å². The first-order valence-corrected chi connectivity index (χ1v) is 8.39. The number of halogens is 3. The maximum absolute atomic E-state index is 13.2. The Hall–Kier alpha value is -1.31. The van der Waals surface area contributed by atoms with Crippen LogP contribution in [0.4, 0.5) is 15.8 Å². The van der Waals surface area contributed by atoms with Crippen LogP contribution in [0.25, 0.3) is 0 Å². The molecule has 4 nitrogen and oxygen atoms in total. The van der Waals surface area contributed by atoms with Gasteiger partial charge in [-0.2, -0.15) is 0 Å². The van der Waals surface area contributed by atoms with Crippen molar-refractivity contribution in [1.29, 1.82) is 0 Å². The fourth-order valence-electron chi connectivity index (χ4n) is 1.62. The quantitative estimate of drug-likeness (QED) is 0.776. The van der Waals surface area contributed by atoms with Crippen LogP contribution in [-0.2, 0) is 10.0 Å². The topological polar surface area (TPSA) is 72.2 Å². The summed E-state index contributed by atoms with van der Waals surface area (Å²) in [6, 6.07) is 6.52. The summed E-state index contributed by atoms with van der Waals surface area (Å²) < 4.78 is 40.3. The lowest BCUT2D eigenvalue weighted by Gasteiger charge is -2.12. The van der Waals surface area contributed by atoms with E-state index in [1.807, 2.05) is 0 Å². The molecule has 0 radical (unpaired) electrons. The number of hydrogen-bond acceptors (Lipinski definition) is 3. The monoisotopic (exact) mass is 392 g/mol. The fourth-order valence-corrected chi connectivity index (χ4v) is 3.84. The van der Waals surface area contributed by atoms with Crippen molar-refractivity contribution >= 4 is 48.9 Å². The molecule has 0 fully saturated rings. The first-order valence-electron chi connectivity index (χ1n) is 5.74. The Balaban J connectivity index is 2.44. The van der Waals surface area contributed by atoms with Crippen molar-refractivity contribution < 1.29 is 12.8 Å². The van der Waals surface area contributed by atoms with Crippen molar-refractivity contribution in [1.82, 2.24) is 0 Å². The maximum atomic E-state index is 13.2. The minimum absolute atomic E-state index is 0.00195. The average molecular weight is 394 g/mol. The maximum Gasteiger partial charge on any atom is 0.262 e. The van der Waals surface area contributed by atoms with Gasteiger partial charge in [0.25, 0.3) is 10.0 Å². The lowest BCUT2D eigenvalue weighted by molar-refractivity contribution is 0.601. The number of hydrogen-bond donors (Lipinski definition) is 2. The van der Waals surface area contributed by atoms with Crippen LogP contribution in [0.15, 0.2) is 39.7 Å². The zero-order valence-electron chi connectivity index (χ0n) is 10.8. The third-order valence-electron chi connectivity index (χ3n) is 2.80. The third-order valence-corrected chi connectivity index (χ3v) is 5.08. The van der Waals surface area contributed by atoms with Crippen molar-refractivity contribution in [3.8, 4) is 0 Å². The Morgan fingerprint density at radius 1 is 1.29 bits per heavy atom. The normalized spacial score (nSPS) is 11.4. The Bertz CT molecular complexity index is 789. The van der Waals surface area contributed by atoms with Gasteiger partial charge in [-0.25, -0.2) is 12.8 Å². The van der Waals surface area contributed by atoms with E-state index in [4.69, 9.17) is 17.3 Å². The molecule has 21 heavy (non-hydrogen) atoms. The third kappa shape index (κ3) is 3.48. The second-order valence-corrected chi connectivity index (χ2v) is 7.31. The molecule has 2 rings (SSSR count). The lowest BCUT2D eigenvalue weighted by atomic mass is 10.2. The number of aryl methyl sites for hydroxylation is 1. The first-order chi connectivity index (χ1) is 9.70. The zero-order chi connectivity index (χ0) is 15.8. The smallest absolute Gasteiger partial charge is 0.262 e. The van der Waals surface area contributed by atoms with Crippen molar-refractivity contribution in [2.75, 3.05) is 10.5 Å². The first kappa shape index (κ1) is 16.1. The van der Waals surface area contributed by atoms with Crippen molar-refractivity contribution in [2.24, 2.45) is 0 Å². The average Bonchev–Trinajstić information content (AvgIpc) is 2.37. The van der Waals surface area contributed by atoms with Gasteiger partial charge >= 0.3 is 0 Å². The van der Waals surface area contributed by atoms with Crippen LogP contribution in [0.2, 0.25) is 5.02 Å². The molecule has 0 aromatic heterocycles. The van der Waals surface area contributed by atoms with E-state index in [0.29, 0.717) is 5.69 Å². The molecule has 0 bridgehead atoms. The van der Waals surface area contributed by atoms with Gasteiger partial charge in [0, 0.05) is 10.2 Å². The molecule has 0 amide bonds. The summed E-state index contributed by atoms with van der Waals surface area (Å²) in [5.41, 5.74) is 6.92. The number of anilines is 2. The van der Waals surface area contributed by atoms with E-state index in [1.165, 1.54) is 12.1 Å². The van der Waals surface area contributed by atoms with Gasteiger partial charge in [0.05, 0.1) is 15.6 Å². The van der Waals surface area contributed by atoms with Crippen LogP contribution in [0.5, 0.6) is 0 Å². The highest BCUT2D eigenvalue weighted by Gasteiger charge is 2.19. The summed E-state index contributed by atoms with van der Waals surface area (Å²) in [6.45, 7) is 1.77. The van der Waals surface area contributed by atoms with Gasteiger partial charge in [-0.15, -0.1) is 0 Å². The van der Waals surface area contributed by atoms with Gasteiger partial charge in [-0.1, -0.05) is 17.7 Å². The molecule has 112 valence electrons. The van der Waals surface area contributed by atoms with E-state index < -0.39 is 15.8 Å². The number of rotatable bonds is 3. The number of sulfonamides is 1. The SMILES string of the molecule is Cc1ccc(S(=O)(=O)Nc2c(Cl)cc(F)cc2Br)cc1N. The molecule has 0 heterocycles. The molecule has 8 heteroatoms. The van der Waals surface area contributed by atoms with Crippen LogP contribution in [0.1, 0.15) is 5.56 Å². The second-order valence-electron chi connectivity index (χ2n) is 4.37. The number of nitrogens with one attached hydrogen (secondary N) is 1. The van der Waals surface area contributed by atoms with Crippen molar-refractivity contribution in [2.45, 2.75) is 11.8 Å². The van der Waals surface area contributed by atoms with E-state index in [2.05, 4.69) is 20.7 Å². The Kier molecular flexibility index (Phi) is 4.46. The second kappa shape index (κ2) is 5.82. The molecule has 0 spiro atoms. The molecule has 0 saturated carbocycles. The van der Waals surface area contributed by atoms with Crippen LogP contribution >= 0.6 is 27.5 Å². The summed E-state index contributed by atoms with van der Waals surface area (Å²) >= 11 is 8.94. The number of nitrogens with two attached hydrogens (primary N) is 1. The van der Waals surface area contributed by atoms with E-state index in [1.54, 1.807) is 13.0 Å². The van der Waals surface area contributed by atoms with E-state index >= 15 is 0 Å². The van der Waals surface area contributed by atoms with Crippen molar-refractivity contribution in [3.63, 3.8) is 0 Å². The van der Waals surface area contributed by atoms with Crippen LogP contribution in [0, 0.1) is 12.7 Å². The van der Waals surface area contributed by atoms with E-state index in [-0.39, 0.29) is 20.1 Å². The number of benzene rings is 2. The predicted molar refractivity (Wildman–Crippen MR) is 85.5 cm³/mol. The van der Waals surface area contributed by atoms with Crippen LogP contribution < -0.4 is 10.5 Å². The lowest BCUT2D eigenvalue weighted by Crippen LogP contribution is -2.14. The minimum atomic E-state index is -3.88. The summed E-state index contributed by atoms with van der Waals surface area (Å²) in [5.74, 6) is -0.575. The highest BCUT2D eigenvalue weighted by molar-refractivity contribution is 9.10. The largest absolute Gasteiger partial charge is 0.398 e.